The number of amides is 2. The quantitative estimate of drug-likeness (QED) is 0.217. The Balaban J connectivity index is 1.26. The third kappa shape index (κ3) is 6.40. The summed E-state index contributed by atoms with van der Waals surface area (Å²) in [5.74, 6) is 1.13. The molecule has 4 heterocycles. The van der Waals surface area contributed by atoms with Gasteiger partial charge in [-0.3, -0.25) is 9.36 Å². The van der Waals surface area contributed by atoms with Gasteiger partial charge in [0.1, 0.15) is 16.9 Å². The molecule has 5 aromatic rings. The molecule has 252 valence electrons. The van der Waals surface area contributed by atoms with Gasteiger partial charge in [-0.25, -0.2) is 19.7 Å². The highest BCUT2D eigenvalue weighted by atomic mass is 16.6. The number of carbonyl (C=O) groups is 2. The third-order valence-electron chi connectivity index (χ3n) is 9.44. The number of anilines is 2. The number of alkyl carbamates (subject to hydrolysis) is 1. The van der Waals surface area contributed by atoms with Gasteiger partial charge in [-0.2, -0.15) is 0 Å². The molecule has 0 bridgehead atoms. The van der Waals surface area contributed by atoms with Crippen LogP contribution in [0, 0.1) is 0 Å². The highest BCUT2D eigenvalue weighted by molar-refractivity contribution is 5.85. The Kier molecular flexibility index (Phi) is 8.22. The average Bonchev–Trinajstić information content (AvgIpc) is 3.44. The van der Waals surface area contributed by atoms with Gasteiger partial charge in [0.25, 0.3) is 0 Å². The van der Waals surface area contributed by atoms with Crippen molar-refractivity contribution in [2.75, 3.05) is 36.8 Å². The fourth-order valence-electron chi connectivity index (χ4n) is 6.74. The second kappa shape index (κ2) is 12.5. The summed E-state index contributed by atoms with van der Waals surface area (Å²) < 4.78 is 7.62. The van der Waals surface area contributed by atoms with E-state index in [1.807, 2.05) is 72.7 Å². The number of carbonyl (C=O) groups excluding carboxylic acids is 2. The van der Waals surface area contributed by atoms with Gasteiger partial charge >= 0.3 is 6.09 Å². The molecule has 0 spiro atoms. The predicted molar refractivity (Wildman–Crippen MR) is 191 cm³/mol. The molecule has 2 fully saturated rings. The number of hydrogen-bond acceptors (Lipinski definition) is 8. The van der Waals surface area contributed by atoms with Crippen LogP contribution in [0.4, 0.5) is 16.3 Å². The van der Waals surface area contributed by atoms with Crippen molar-refractivity contribution in [3.8, 4) is 28.3 Å². The number of hydrogen-bond donors (Lipinski definition) is 2. The Bertz CT molecular complexity index is 2020. The van der Waals surface area contributed by atoms with E-state index in [4.69, 9.17) is 20.4 Å². The summed E-state index contributed by atoms with van der Waals surface area (Å²) in [7, 11) is 0. The van der Waals surface area contributed by atoms with Gasteiger partial charge in [0.2, 0.25) is 5.91 Å². The summed E-state index contributed by atoms with van der Waals surface area (Å²) in [6.45, 7) is 10.2. The van der Waals surface area contributed by atoms with E-state index in [1.165, 1.54) is 0 Å². The van der Waals surface area contributed by atoms with Crippen LogP contribution in [0.5, 0.6) is 0 Å². The SMILES string of the molecule is CC(=O)N1CCN(c2cccc(-c3ccc4nc(-c5cccnc5N)n(-c5ccc(C6(NC(=O)OC(C)(C)C)CCC6)cc5)c4n3)c2)CC1. The highest BCUT2D eigenvalue weighted by Crippen LogP contribution is 2.42. The Morgan fingerprint density at radius 2 is 1.65 bits per heavy atom. The maximum atomic E-state index is 12.8. The van der Waals surface area contributed by atoms with Crippen LogP contribution in [0.1, 0.15) is 52.5 Å². The molecule has 1 saturated carbocycles. The van der Waals surface area contributed by atoms with E-state index in [-0.39, 0.29) is 5.91 Å². The number of aromatic nitrogens is 4. The maximum Gasteiger partial charge on any atom is 0.408 e. The van der Waals surface area contributed by atoms with Gasteiger partial charge in [0, 0.05) is 56.2 Å². The number of pyridine rings is 2. The molecule has 3 N–H and O–H groups in total. The zero-order chi connectivity index (χ0) is 34.3. The van der Waals surface area contributed by atoms with Gasteiger partial charge in [-0.05, 0) is 94.1 Å². The lowest BCUT2D eigenvalue weighted by Crippen LogP contribution is -2.52. The molecule has 0 radical (unpaired) electrons. The van der Waals surface area contributed by atoms with Crippen molar-refractivity contribution in [2.45, 2.75) is 58.1 Å². The molecule has 7 rings (SSSR count). The minimum atomic E-state index is -0.579. The van der Waals surface area contributed by atoms with Crippen LogP contribution in [0.15, 0.2) is 79.0 Å². The summed E-state index contributed by atoms with van der Waals surface area (Å²) in [4.78, 5) is 43.4. The van der Waals surface area contributed by atoms with Crippen LogP contribution in [0.25, 0.3) is 39.5 Å². The number of nitrogens with two attached hydrogens (primary N) is 1. The van der Waals surface area contributed by atoms with Crippen molar-refractivity contribution in [3.05, 3.63) is 84.6 Å². The number of imidazole rings is 1. The smallest absolute Gasteiger partial charge is 0.408 e. The monoisotopic (exact) mass is 658 g/mol. The first-order valence-electron chi connectivity index (χ1n) is 16.8. The molecule has 2 aromatic carbocycles. The van der Waals surface area contributed by atoms with Crippen molar-refractivity contribution in [2.24, 2.45) is 0 Å². The number of ether oxygens (including phenoxy) is 1. The molecule has 11 heteroatoms. The van der Waals surface area contributed by atoms with Crippen molar-refractivity contribution in [3.63, 3.8) is 0 Å². The summed E-state index contributed by atoms with van der Waals surface area (Å²) in [6, 6.07) is 24.3. The number of piperazine rings is 1. The largest absolute Gasteiger partial charge is 0.444 e. The normalized spacial score (nSPS) is 15.9. The van der Waals surface area contributed by atoms with Crippen LogP contribution in [-0.4, -0.2) is 68.2 Å². The molecule has 11 nitrogen and oxygen atoms in total. The molecular formula is C38H42N8O3. The molecular weight excluding hydrogens is 616 g/mol. The lowest BCUT2D eigenvalue weighted by atomic mass is 9.72. The molecule has 3 aromatic heterocycles. The van der Waals surface area contributed by atoms with Crippen molar-refractivity contribution in [1.82, 2.24) is 29.7 Å². The van der Waals surface area contributed by atoms with E-state index in [2.05, 4.69) is 45.5 Å². The van der Waals surface area contributed by atoms with Crippen LogP contribution >= 0.6 is 0 Å². The Morgan fingerprint density at radius 3 is 2.31 bits per heavy atom. The van der Waals surface area contributed by atoms with Crippen molar-refractivity contribution in [1.29, 1.82) is 0 Å². The Labute approximate surface area is 286 Å². The number of nitrogen functional groups attached to an aromatic ring is 1. The molecule has 49 heavy (non-hydrogen) atoms. The first kappa shape index (κ1) is 32.1. The predicted octanol–water partition coefficient (Wildman–Crippen LogP) is 6.30. The van der Waals surface area contributed by atoms with Gasteiger partial charge in [-0.1, -0.05) is 24.3 Å². The van der Waals surface area contributed by atoms with E-state index in [0.29, 0.717) is 35.9 Å². The Hall–Kier alpha value is -5.45. The van der Waals surface area contributed by atoms with E-state index in [9.17, 15) is 9.59 Å². The second-order valence-electron chi connectivity index (χ2n) is 13.9. The van der Waals surface area contributed by atoms with Crippen LogP contribution in [0.2, 0.25) is 0 Å². The summed E-state index contributed by atoms with van der Waals surface area (Å²) >= 11 is 0. The third-order valence-corrected chi connectivity index (χ3v) is 9.44. The molecule has 1 saturated heterocycles. The zero-order valence-electron chi connectivity index (χ0n) is 28.4. The molecule has 1 aliphatic heterocycles. The second-order valence-corrected chi connectivity index (χ2v) is 13.9. The lowest BCUT2D eigenvalue weighted by Gasteiger charge is -2.43. The number of nitrogens with zero attached hydrogens (tertiary/aromatic N) is 6. The minimum Gasteiger partial charge on any atom is -0.444 e. The molecule has 2 aliphatic rings. The standard InChI is InChI=1S/C38H42N8O3/c1-25(47)44-20-22-45(23-21-44)29-9-5-8-26(24-29)31-15-16-32-35(41-31)46(34(42-32)30-10-6-19-40-33(30)39)28-13-11-27(12-14-28)38(17-7-18-38)43-36(48)49-37(2,3)4/h5-6,8-16,19,24H,7,17-18,20-23H2,1-4H3,(H2,39,40)(H,43,48). The van der Waals surface area contributed by atoms with Gasteiger partial charge in [-0.15, -0.1) is 0 Å². The van der Waals surface area contributed by atoms with Gasteiger partial charge in [0.05, 0.1) is 16.8 Å². The number of benzene rings is 2. The van der Waals surface area contributed by atoms with E-state index >= 15 is 0 Å². The molecule has 0 atom stereocenters. The number of rotatable bonds is 6. The Morgan fingerprint density at radius 1 is 0.898 bits per heavy atom. The van der Waals surface area contributed by atoms with Crippen molar-refractivity contribution >= 4 is 34.7 Å². The van der Waals surface area contributed by atoms with E-state index in [0.717, 1.165) is 66.1 Å². The van der Waals surface area contributed by atoms with Gasteiger partial charge < -0.3 is 25.6 Å². The molecule has 2 amide bonds. The van der Waals surface area contributed by atoms with Crippen LogP contribution in [0.3, 0.4) is 0 Å². The minimum absolute atomic E-state index is 0.115. The zero-order valence-corrected chi connectivity index (χ0v) is 28.4. The fraction of sp³-hybridized carbons (Fsp3) is 0.342. The summed E-state index contributed by atoms with van der Waals surface area (Å²) in [6.07, 6.45) is 3.96. The lowest BCUT2D eigenvalue weighted by molar-refractivity contribution is -0.129. The highest BCUT2D eigenvalue weighted by Gasteiger charge is 2.41. The van der Waals surface area contributed by atoms with E-state index < -0.39 is 17.2 Å². The fourth-order valence-corrected chi connectivity index (χ4v) is 6.74. The first-order chi connectivity index (χ1) is 23.5. The number of fused-ring (bicyclic) bond motifs is 1. The first-order valence-corrected chi connectivity index (χ1v) is 16.8. The maximum absolute atomic E-state index is 12.8. The molecule has 1 aliphatic carbocycles. The topological polar surface area (TPSA) is 132 Å². The van der Waals surface area contributed by atoms with E-state index in [1.54, 1.807) is 13.1 Å². The van der Waals surface area contributed by atoms with Crippen LogP contribution < -0.4 is 16.0 Å². The summed E-state index contributed by atoms with van der Waals surface area (Å²) in [5, 5.41) is 3.15. The van der Waals surface area contributed by atoms with Gasteiger partial charge in [0.15, 0.2) is 11.5 Å². The molecule has 0 unspecified atom stereocenters. The number of nitrogens with one attached hydrogen (secondary N) is 1. The summed E-state index contributed by atoms with van der Waals surface area (Å²) in [5.41, 5.74) is 12.2. The van der Waals surface area contributed by atoms with Crippen LogP contribution in [-0.2, 0) is 15.1 Å². The average molecular weight is 659 g/mol. The van der Waals surface area contributed by atoms with Crippen molar-refractivity contribution < 1.29 is 14.3 Å².